The lowest BCUT2D eigenvalue weighted by Gasteiger charge is -2.07. The number of anilines is 1. The lowest BCUT2D eigenvalue weighted by atomic mass is 10.1. The first-order valence-electron chi connectivity index (χ1n) is 9.23. The van der Waals surface area contributed by atoms with Gasteiger partial charge in [-0.25, -0.2) is 4.79 Å². The zero-order valence-electron chi connectivity index (χ0n) is 15.9. The molecule has 0 atom stereocenters. The number of nitrogens with one attached hydrogen (secondary N) is 1. The van der Waals surface area contributed by atoms with E-state index in [1.54, 1.807) is 13.1 Å². The van der Waals surface area contributed by atoms with Crippen LogP contribution in [-0.4, -0.2) is 16.8 Å². The summed E-state index contributed by atoms with van der Waals surface area (Å²) in [7, 11) is 0. The Bertz CT molecular complexity index is 1160. The summed E-state index contributed by atoms with van der Waals surface area (Å²) in [6, 6.07) is 27.1. The first-order valence-corrected chi connectivity index (χ1v) is 9.23. The molecule has 1 amide bonds. The summed E-state index contributed by atoms with van der Waals surface area (Å²) in [5.74, 6) is 0. The Hall–Kier alpha value is -3.99. The Balaban J connectivity index is 1.43. The van der Waals surface area contributed by atoms with Crippen molar-refractivity contribution in [3.8, 4) is 11.3 Å². The summed E-state index contributed by atoms with van der Waals surface area (Å²) in [5, 5.41) is 8.69. The van der Waals surface area contributed by atoms with E-state index in [-0.39, 0.29) is 0 Å². The number of fused-ring (bicyclic) bond motifs is 1. The van der Waals surface area contributed by atoms with Crippen LogP contribution in [0.4, 0.5) is 10.5 Å². The monoisotopic (exact) mass is 381 g/mol. The number of aromatic nitrogens is 1. The summed E-state index contributed by atoms with van der Waals surface area (Å²) in [4.78, 5) is 21.6. The molecule has 0 unspecified atom stereocenters. The number of carbonyl (C=O) groups excluding carboxylic acids is 1. The maximum absolute atomic E-state index is 12.2. The van der Waals surface area contributed by atoms with E-state index in [1.807, 2.05) is 84.9 Å². The summed E-state index contributed by atoms with van der Waals surface area (Å²) >= 11 is 0. The molecular formula is C24H19N3O2. The molecule has 1 N–H and O–H groups in total. The second kappa shape index (κ2) is 8.35. The highest BCUT2D eigenvalue weighted by molar-refractivity contribution is 6.01. The molecule has 0 bridgehead atoms. The van der Waals surface area contributed by atoms with Crippen molar-refractivity contribution >= 4 is 28.3 Å². The topological polar surface area (TPSA) is 63.6 Å². The predicted molar refractivity (Wildman–Crippen MR) is 116 cm³/mol. The standard InChI is InChI=1S/C24H19N3O2/c1-17(18-12-14-20(15-13-18)22-10-4-5-16-25-22)27-29-24(28)26-23-11-6-8-19-7-2-3-9-21(19)23/h2-16H,1H3,(H,26,28). The minimum Gasteiger partial charge on any atom is -0.298 e. The Morgan fingerprint density at radius 1 is 0.897 bits per heavy atom. The second-order valence-electron chi connectivity index (χ2n) is 6.50. The molecule has 0 aliphatic carbocycles. The highest BCUT2D eigenvalue weighted by Gasteiger charge is 2.07. The molecule has 1 heterocycles. The number of benzene rings is 3. The van der Waals surface area contributed by atoms with Gasteiger partial charge in [-0.2, -0.15) is 0 Å². The number of pyridine rings is 1. The van der Waals surface area contributed by atoms with E-state index in [4.69, 9.17) is 4.84 Å². The van der Waals surface area contributed by atoms with Gasteiger partial charge in [0, 0.05) is 17.1 Å². The number of amides is 1. The fourth-order valence-corrected chi connectivity index (χ4v) is 3.05. The fraction of sp³-hybridized carbons (Fsp3) is 0.0417. The van der Waals surface area contributed by atoms with Crippen LogP contribution < -0.4 is 5.32 Å². The third-order valence-corrected chi connectivity index (χ3v) is 4.56. The minimum atomic E-state index is -0.634. The lowest BCUT2D eigenvalue weighted by molar-refractivity contribution is 0.166. The van der Waals surface area contributed by atoms with Crippen LogP contribution in [0.3, 0.4) is 0 Å². The number of carbonyl (C=O) groups is 1. The van der Waals surface area contributed by atoms with Gasteiger partial charge in [-0.15, -0.1) is 0 Å². The van der Waals surface area contributed by atoms with Gasteiger partial charge in [-0.3, -0.25) is 15.1 Å². The molecule has 4 rings (SSSR count). The molecule has 0 saturated heterocycles. The van der Waals surface area contributed by atoms with E-state index in [0.29, 0.717) is 11.4 Å². The van der Waals surface area contributed by atoms with Gasteiger partial charge in [0.15, 0.2) is 0 Å². The average Bonchev–Trinajstić information content (AvgIpc) is 2.78. The molecular weight excluding hydrogens is 362 g/mol. The summed E-state index contributed by atoms with van der Waals surface area (Å²) in [6.45, 7) is 1.79. The molecule has 5 nitrogen and oxygen atoms in total. The maximum Gasteiger partial charge on any atom is 0.437 e. The number of rotatable bonds is 4. The Morgan fingerprint density at radius 2 is 1.66 bits per heavy atom. The van der Waals surface area contributed by atoms with Crippen molar-refractivity contribution in [2.24, 2.45) is 5.16 Å². The van der Waals surface area contributed by atoms with E-state index < -0.39 is 6.09 Å². The molecule has 0 aliphatic rings. The highest BCUT2D eigenvalue weighted by atomic mass is 16.7. The number of hydrogen-bond donors (Lipinski definition) is 1. The van der Waals surface area contributed by atoms with Crippen molar-refractivity contribution in [3.63, 3.8) is 0 Å². The van der Waals surface area contributed by atoms with Crippen molar-refractivity contribution < 1.29 is 9.63 Å². The molecule has 0 radical (unpaired) electrons. The molecule has 0 spiro atoms. The number of nitrogens with zero attached hydrogens (tertiary/aromatic N) is 2. The third kappa shape index (κ3) is 4.30. The summed E-state index contributed by atoms with van der Waals surface area (Å²) < 4.78 is 0. The smallest absolute Gasteiger partial charge is 0.298 e. The Morgan fingerprint density at radius 3 is 2.45 bits per heavy atom. The van der Waals surface area contributed by atoms with Crippen LogP contribution in [0.15, 0.2) is 96.3 Å². The van der Waals surface area contributed by atoms with Crippen LogP contribution in [-0.2, 0) is 4.84 Å². The largest absolute Gasteiger partial charge is 0.437 e. The maximum atomic E-state index is 12.2. The first kappa shape index (κ1) is 18.4. The van der Waals surface area contributed by atoms with E-state index in [9.17, 15) is 4.79 Å². The van der Waals surface area contributed by atoms with Crippen LogP contribution in [0.25, 0.3) is 22.0 Å². The molecule has 29 heavy (non-hydrogen) atoms. The van der Waals surface area contributed by atoms with Gasteiger partial charge in [0.05, 0.1) is 17.1 Å². The molecule has 0 aliphatic heterocycles. The van der Waals surface area contributed by atoms with Crippen LogP contribution >= 0.6 is 0 Å². The number of oxime groups is 1. The first-order chi connectivity index (χ1) is 14.2. The van der Waals surface area contributed by atoms with Crippen molar-refractivity contribution in [3.05, 3.63) is 96.7 Å². The van der Waals surface area contributed by atoms with Gasteiger partial charge in [-0.1, -0.05) is 71.9 Å². The minimum absolute atomic E-state index is 0.602. The lowest BCUT2D eigenvalue weighted by Crippen LogP contribution is -2.12. The van der Waals surface area contributed by atoms with Gasteiger partial charge in [0.2, 0.25) is 0 Å². The fourth-order valence-electron chi connectivity index (χ4n) is 3.05. The zero-order valence-corrected chi connectivity index (χ0v) is 15.9. The van der Waals surface area contributed by atoms with Gasteiger partial charge < -0.3 is 0 Å². The molecule has 0 fully saturated rings. The van der Waals surface area contributed by atoms with Gasteiger partial charge in [0.1, 0.15) is 0 Å². The zero-order chi connectivity index (χ0) is 20.1. The van der Waals surface area contributed by atoms with Crippen LogP contribution in [0.1, 0.15) is 12.5 Å². The van der Waals surface area contributed by atoms with Crippen LogP contribution in [0.2, 0.25) is 0 Å². The quantitative estimate of drug-likeness (QED) is 0.273. The Labute approximate surface area is 168 Å². The molecule has 4 aromatic rings. The highest BCUT2D eigenvalue weighted by Crippen LogP contribution is 2.23. The van der Waals surface area contributed by atoms with Crippen LogP contribution in [0, 0.1) is 0 Å². The van der Waals surface area contributed by atoms with Crippen LogP contribution in [0.5, 0.6) is 0 Å². The van der Waals surface area contributed by atoms with Crippen molar-refractivity contribution in [1.29, 1.82) is 0 Å². The average molecular weight is 381 g/mol. The third-order valence-electron chi connectivity index (χ3n) is 4.56. The van der Waals surface area contributed by atoms with Gasteiger partial charge >= 0.3 is 6.09 Å². The van der Waals surface area contributed by atoms with E-state index in [0.717, 1.165) is 27.6 Å². The van der Waals surface area contributed by atoms with E-state index >= 15 is 0 Å². The normalized spacial score (nSPS) is 11.3. The molecule has 3 aromatic carbocycles. The van der Waals surface area contributed by atoms with Gasteiger partial charge in [-0.05, 0) is 36.1 Å². The SMILES string of the molecule is CC(=NOC(=O)Nc1cccc2ccccc12)c1ccc(-c2ccccn2)cc1. The van der Waals surface area contributed by atoms with Crippen molar-refractivity contribution in [2.45, 2.75) is 6.92 Å². The predicted octanol–water partition coefficient (Wildman–Crippen LogP) is 5.87. The van der Waals surface area contributed by atoms with E-state index in [1.165, 1.54) is 0 Å². The molecule has 142 valence electrons. The van der Waals surface area contributed by atoms with Crippen molar-refractivity contribution in [1.82, 2.24) is 4.98 Å². The van der Waals surface area contributed by atoms with Gasteiger partial charge in [0.25, 0.3) is 0 Å². The molecule has 0 saturated carbocycles. The molecule has 1 aromatic heterocycles. The molecule has 5 heteroatoms. The number of hydrogen-bond acceptors (Lipinski definition) is 4. The Kier molecular flexibility index (Phi) is 5.29. The second-order valence-corrected chi connectivity index (χ2v) is 6.50. The van der Waals surface area contributed by atoms with Crippen molar-refractivity contribution in [2.75, 3.05) is 5.32 Å². The summed E-state index contributed by atoms with van der Waals surface area (Å²) in [6.07, 6.45) is 1.13. The summed E-state index contributed by atoms with van der Waals surface area (Å²) in [5.41, 5.74) is 4.06. The van der Waals surface area contributed by atoms with E-state index in [2.05, 4.69) is 15.5 Å².